The lowest BCUT2D eigenvalue weighted by molar-refractivity contribution is -0.139. The Morgan fingerprint density at radius 1 is 1.44 bits per heavy atom. The van der Waals surface area contributed by atoms with Crippen molar-refractivity contribution in [1.29, 1.82) is 0 Å². The molecule has 0 spiro atoms. The summed E-state index contributed by atoms with van der Waals surface area (Å²) in [5.41, 5.74) is 2.08. The topological polar surface area (TPSA) is 93.5 Å². The van der Waals surface area contributed by atoms with Crippen molar-refractivity contribution in [3.8, 4) is 5.75 Å². The highest BCUT2D eigenvalue weighted by Crippen LogP contribution is 2.43. The molecule has 1 aliphatic carbocycles. The van der Waals surface area contributed by atoms with E-state index in [2.05, 4.69) is 24.3 Å². The first-order valence-corrected chi connectivity index (χ1v) is 9.31. The Morgan fingerprint density at radius 2 is 2.19 bits per heavy atom. The van der Waals surface area contributed by atoms with E-state index >= 15 is 0 Å². The fourth-order valence-electron chi connectivity index (χ4n) is 2.87. The van der Waals surface area contributed by atoms with Crippen LogP contribution >= 0.6 is 11.6 Å². The van der Waals surface area contributed by atoms with Crippen molar-refractivity contribution in [3.05, 3.63) is 40.7 Å². The van der Waals surface area contributed by atoms with Crippen LogP contribution in [0.3, 0.4) is 0 Å². The monoisotopic (exact) mass is 391 g/mol. The summed E-state index contributed by atoms with van der Waals surface area (Å²) < 4.78 is 7.05. The molecule has 0 aliphatic heterocycles. The standard InChI is InChI=1S/C19H22ClN3O4/c1-3-11(2)23-18(12-4-5-12)14(9-21-23)19(26)22-13-6-7-16(15(20)8-13)27-10-17(24)25/h6-9,11-12H,3-5,10H2,1-2H3,(H,22,26)(H,24,25). The van der Waals surface area contributed by atoms with E-state index < -0.39 is 12.6 Å². The number of halogens is 1. The molecule has 1 amide bonds. The third-order valence-electron chi connectivity index (χ3n) is 4.59. The van der Waals surface area contributed by atoms with Gasteiger partial charge in [-0.3, -0.25) is 9.48 Å². The summed E-state index contributed by atoms with van der Waals surface area (Å²) in [5.74, 6) is -0.686. The lowest BCUT2D eigenvalue weighted by atomic mass is 10.1. The highest BCUT2D eigenvalue weighted by Gasteiger charge is 2.33. The molecule has 1 saturated carbocycles. The second-order valence-corrected chi connectivity index (χ2v) is 7.11. The highest BCUT2D eigenvalue weighted by molar-refractivity contribution is 6.32. The van der Waals surface area contributed by atoms with Crippen molar-refractivity contribution < 1.29 is 19.4 Å². The van der Waals surface area contributed by atoms with Gasteiger partial charge in [0, 0.05) is 17.6 Å². The number of hydrogen-bond donors (Lipinski definition) is 2. The van der Waals surface area contributed by atoms with Crippen molar-refractivity contribution in [2.75, 3.05) is 11.9 Å². The number of carbonyl (C=O) groups is 2. The van der Waals surface area contributed by atoms with E-state index in [1.54, 1.807) is 12.3 Å². The smallest absolute Gasteiger partial charge is 0.341 e. The van der Waals surface area contributed by atoms with Gasteiger partial charge in [0.15, 0.2) is 6.61 Å². The molecular formula is C19H22ClN3O4. The van der Waals surface area contributed by atoms with Crippen LogP contribution in [-0.2, 0) is 4.79 Å². The molecular weight excluding hydrogens is 370 g/mol. The van der Waals surface area contributed by atoms with Crippen molar-refractivity contribution in [2.24, 2.45) is 0 Å². The van der Waals surface area contributed by atoms with Crippen molar-refractivity contribution in [1.82, 2.24) is 9.78 Å². The van der Waals surface area contributed by atoms with Gasteiger partial charge in [-0.15, -0.1) is 0 Å². The largest absolute Gasteiger partial charge is 0.480 e. The zero-order valence-electron chi connectivity index (χ0n) is 15.2. The third kappa shape index (κ3) is 4.42. The quantitative estimate of drug-likeness (QED) is 0.706. The van der Waals surface area contributed by atoms with Gasteiger partial charge in [0.25, 0.3) is 5.91 Å². The normalized spacial score (nSPS) is 14.6. The van der Waals surface area contributed by atoms with Gasteiger partial charge in [0.1, 0.15) is 5.75 Å². The minimum Gasteiger partial charge on any atom is -0.480 e. The number of aromatic nitrogens is 2. The zero-order chi connectivity index (χ0) is 19.6. The van der Waals surface area contributed by atoms with Crippen LogP contribution in [0.15, 0.2) is 24.4 Å². The fraction of sp³-hybridized carbons (Fsp3) is 0.421. The third-order valence-corrected chi connectivity index (χ3v) is 4.89. The van der Waals surface area contributed by atoms with Crippen molar-refractivity contribution in [3.63, 3.8) is 0 Å². The number of benzene rings is 1. The maximum Gasteiger partial charge on any atom is 0.341 e. The van der Waals surface area contributed by atoms with Gasteiger partial charge in [-0.05, 0) is 44.4 Å². The molecule has 0 bridgehead atoms. The van der Waals surface area contributed by atoms with Gasteiger partial charge in [0.05, 0.1) is 22.5 Å². The summed E-state index contributed by atoms with van der Waals surface area (Å²) in [7, 11) is 0. The lowest BCUT2D eigenvalue weighted by Crippen LogP contribution is -2.16. The first kappa shape index (κ1) is 19.2. The second kappa shape index (κ2) is 8.00. The first-order chi connectivity index (χ1) is 12.9. The van der Waals surface area contributed by atoms with E-state index in [0.717, 1.165) is 25.0 Å². The summed E-state index contributed by atoms with van der Waals surface area (Å²) in [4.78, 5) is 23.4. The van der Waals surface area contributed by atoms with E-state index in [4.69, 9.17) is 21.4 Å². The fourth-order valence-corrected chi connectivity index (χ4v) is 3.10. The van der Waals surface area contributed by atoms with Gasteiger partial charge in [-0.1, -0.05) is 18.5 Å². The number of nitrogens with one attached hydrogen (secondary N) is 1. The predicted molar refractivity (Wildman–Crippen MR) is 102 cm³/mol. The molecule has 1 heterocycles. The minimum absolute atomic E-state index is 0.228. The number of anilines is 1. The first-order valence-electron chi connectivity index (χ1n) is 8.93. The van der Waals surface area contributed by atoms with Crippen LogP contribution in [0.25, 0.3) is 0 Å². The molecule has 0 saturated heterocycles. The molecule has 2 N–H and O–H groups in total. The SMILES string of the molecule is CCC(C)n1ncc(C(=O)Nc2ccc(OCC(=O)O)c(Cl)c2)c1C1CC1. The van der Waals surface area contributed by atoms with Crippen LogP contribution in [0.1, 0.15) is 61.1 Å². The molecule has 1 atom stereocenters. The van der Waals surface area contributed by atoms with Gasteiger partial charge in [-0.25, -0.2) is 4.79 Å². The Morgan fingerprint density at radius 3 is 2.78 bits per heavy atom. The number of rotatable bonds is 8. The minimum atomic E-state index is -1.09. The number of ether oxygens (including phenoxy) is 1. The molecule has 7 nitrogen and oxygen atoms in total. The van der Waals surface area contributed by atoms with Gasteiger partial charge in [0.2, 0.25) is 0 Å². The Hall–Kier alpha value is -2.54. The van der Waals surface area contributed by atoms with E-state index in [9.17, 15) is 9.59 Å². The summed E-state index contributed by atoms with van der Waals surface area (Å²) in [6, 6.07) is 4.93. The summed E-state index contributed by atoms with van der Waals surface area (Å²) in [6.07, 6.45) is 4.71. The molecule has 8 heteroatoms. The summed E-state index contributed by atoms with van der Waals surface area (Å²) in [6.45, 7) is 3.71. The Bertz CT molecular complexity index is 861. The van der Waals surface area contributed by atoms with Crippen LogP contribution < -0.4 is 10.1 Å². The molecule has 3 rings (SSSR count). The van der Waals surface area contributed by atoms with Crippen LogP contribution in [0.4, 0.5) is 5.69 Å². The Balaban J connectivity index is 1.77. The second-order valence-electron chi connectivity index (χ2n) is 6.70. The number of carboxylic acids is 1. The zero-order valence-corrected chi connectivity index (χ0v) is 16.0. The van der Waals surface area contributed by atoms with Gasteiger partial charge >= 0.3 is 5.97 Å². The molecule has 1 aliphatic rings. The number of amides is 1. The molecule has 144 valence electrons. The highest BCUT2D eigenvalue weighted by atomic mass is 35.5. The van der Waals surface area contributed by atoms with Crippen molar-refractivity contribution >= 4 is 29.2 Å². The Kier molecular flexibility index (Phi) is 5.70. The number of aliphatic carboxylic acids is 1. The summed E-state index contributed by atoms with van der Waals surface area (Å²) in [5, 5.41) is 16.2. The summed E-state index contributed by atoms with van der Waals surface area (Å²) >= 11 is 6.11. The molecule has 2 aromatic rings. The molecule has 1 aromatic heterocycles. The number of nitrogens with zero attached hydrogens (tertiary/aromatic N) is 2. The average molecular weight is 392 g/mol. The number of carbonyl (C=O) groups excluding carboxylic acids is 1. The van der Waals surface area contributed by atoms with E-state index in [0.29, 0.717) is 17.2 Å². The van der Waals surface area contributed by atoms with E-state index in [-0.39, 0.29) is 22.7 Å². The predicted octanol–water partition coefficient (Wildman–Crippen LogP) is 4.10. The number of hydrogen-bond acceptors (Lipinski definition) is 4. The maximum absolute atomic E-state index is 12.8. The van der Waals surface area contributed by atoms with Gasteiger partial charge in [-0.2, -0.15) is 5.10 Å². The maximum atomic E-state index is 12.8. The van der Waals surface area contributed by atoms with E-state index in [1.165, 1.54) is 12.1 Å². The van der Waals surface area contributed by atoms with Crippen LogP contribution in [-0.4, -0.2) is 33.4 Å². The molecule has 1 fully saturated rings. The van der Waals surface area contributed by atoms with E-state index in [1.807, 2.05) is 4.68 Å². The Labute approximate surface area is 162 Å². The molecule has 0 radical (unpaired) electrons. The van der Waals surface area contributed by atoms with Crippen LogP contribution in [0.5, 0.6) is 5.75 Å². The molecule has 27 heavy (non-hydrogen) atoms. The van der Waals surface area contributed by atoms with Crippen LogP contribution in [0.2, 0.25) is 5.02 Å². The number of carboxylic acid groups (broad SMARTS) is 1. The van der Waals surface area contributed by atoms with Crippen LogP contribution in [0, 0.1) is 0 Å². The lowest BCUT2D eigenvalue weighted by Gasteiger charge is -2.14. The van der Waals surface area contributed by atoms with Crippen molar-refractivity contribution in [2.45, 2.75) is 45.1 Å². The molecule has 1 aromatic carbocycles. The average Bonchev–Trinajstić information content (AvgIpc) is 3.37. The van der Waals surface area contributed by atoms with Gasteiger partial charge < -0.3 is 15.2 Å². The molecule has 1 unspecified atom stereocenters.